The van der Waals surface area contributed by atoms with E-state index in [4.69, 9.17) is 4.74 Å². The number of ether oxygens (including phenoxy) is 2. The van der Waals surface area contributed by atoms with Crippen LogP contribution in [0.25, 0.3) is 6.08 Å². The molecule has 3 amide bonds. The number of amides is 3. The first-order valence-electron chi connectivity index (χ1n) is 12.4. The minimum absolute atomic E-state index is 0.00721. The molecule has 0 bridgehead atoms. The van der Waals surface area contributed by atoms with E-state index in [-0.39, 0.29) is 18.8 Å². The van der Waals surface area contributed by atoms with E-state index in [2.05, 4.69) is 41.5 Å². The summed E-state index contributed by atoms with van der Waals surface area (Å²) in [6.07, 6.45) is 4.35. The van der Waals surface area contributed by atoms with Crippen LogP contribution in [0, 0.1) is 0 Å². The molecule has 0 aromatic heterocycles. The summed E-state index contributed by atoms with van der Waals surface area (Å²) < 4.78 is 9.96. The molecule has 0 aliphatic heterocycles. The molecule has 0 spiro atoms. The van der Waals surface area contributed by atoms with Gasteiger partial charge in [-0.05, 0) is 44.4 Å². The predicted molar refractivity (Wildman–Crippen MR) is 147 cm³/mol. The van der Waals surface area contributed by atoms with E-state index >= 15 is 0 Å². The molecular formula is C27H41N3O6S. The Morgan fingerprint density at radius 2 is 1.86 bits per heavy atom. The van der Waals surface area contributed by atoms with Gasteiger partial charge in [-0.1, -0.05) is 57.0 Å². The Balaban J connectivity index is 3.43. The van der Waals surface area contributed by atoms with Crippen LogP contribution in [0.15, 0.2) is 30.8 Å². The second kappa shape index (κ2) is 16.0. The molecule has 2 N–H and O–H groups in total. The van der Waals surface area contributed by atoms with Gasteiger partial charge in [0.05, 0.1) is 7.11 Å². The van der Waals surface area contributed by atoms with Crippen LogP contribution >= 0.6 is 12.6 Å². The van der Waals surface area contributed by atoms with Crippen molar-refractivity contribution < 1.29 is 28.7 Å². The fraction of sp³-hybridized carbons (Fsp3) is 0.556. The number of esters is 1. The van der Waals surface area contributed by atoms with Gasteiger partial charge in [-0.25, -0.2) is 4.79 Å². The van der Waals surface area contributed by atoms with Gasteiger partial charge in [0.2, 0.25) is 11.8 Å². The first-order chi connectivity index (χ1) is 17.5. The van der Waals surface area contributed by atoms with E-state index in [1.807, 2.05) is 6.07 Å². The highest BCUT2D eigenvalue weighted by Gasteiger charge is 2.35. The maximum Gasteiger partial charge on any atom is 0.408 e. The van der Waals surface area contributed by atoms with Gasteiger partial charge in [-0.2, -0.15) is 12.6 Å². The molecule has 10 heteroatoms. The molecule has 0 aliphatic rings. The zero-order valence-electron chi connectivity index (χ0n) is 22.5. The van der Waals surface area contributed by atoms with E-state index in [9.17, 15) is 19.2 Å². The lowest BCUT2D eigenvalue weighted by atomic mass is 10.00. The van der Waals surface area contributed by atoms with Gasteiger partial charge in [0.15, 0.2) is 0 Å². The average molecular weight is 536 g/mol. The minimum Gasteiger partial charge on any atom is -0.468 e. The SMILES string of the molecule is C=Cc1cccc(C(C(=O)NCC(=O)OC)N(CCCCCC)C(=O)C(CS)NC(=O)OC(C)(C)C)c1. The molecule has 0 aliphatic carbocycles. The van der Waals surface area contributed by atoms with Crippen molar-refractivity contribution in [2.24, 2.45) is 0 Å². The lowest BCUT2D eigenvalue weighted by Crippen LogP contribution is -2.54. The number of carbonyl (C=O) groups excluding carboxylic acids is 4. The number of alkyl carbamates (subject to hydrolysis) is 1. The molecule has 1 aromatic rings. The standard InChI is InChI=1S/C27H41N3O6S/c1-7-9-10-11-15-30(25(33)21(18-37)29-26(34)36-27(3,4)5)23(24(32)28-17-22(31)35-6)20-14-12-13-19(8-2)16-20/h8,12-14,16,21,23,37H,2,7,9-11,15,17-18H2,1,3-6H3,(H,28,32)(H,29,34). The van der Waals surface area contributed by atoms with Crippen molar-refractivity contribution in [3.05, 3.63) is 42.0 Å². The number of rotatable bonds is 14. The third kappa shape index (κ3) is 11.3. The second-order valence-corrected chi connectivity index (χ2v) is 9.91. The normalized spacial score (nSPS) is 12.6. The van der Waals surface area contributed by atoms with Crippen LogP contribution in [-0.2, 0) is 23.9 Å². The average Bonchev–Trinajstić information content (AvgIpc) is 2.85. The Bertz CT molecular complexity index is 931. The predicted octanol–water partition coefficient (Wildman–Crippen LogP) is 3.89. The second-order valence-electron chi connectivity index (χ2n) is 9.54. The molecule has 37 heavy (non-hydrogen) atoms. The van der Waals surface area contributed by atoms with Gasteiger partial charge in [0.25, 0.3) is 0 Å². The molecule has 9 nitrogen and oxygen atoms in total. The Kier molecular flexibility index (Phi) is 13.8. The fourth-order valence-corrected chi connectivity index (χ4v) is 3.82. The van der Waals surface area contributed by atoms with Crippen molar-refractivity contribution in [2.75, 3.05) is 26.0 Å². The number of thiol groups is 1. The molecule has 1 rings (SSSR count). The number of hydrogen-bond donors (Lipinski definition) is 3. The number of nitrogens with zero attached hydrogens (tertiary/aromatic N) is 1. The first-order valence-corrected chi connectivity index (χ1v) is 13.1. The summed E-state index contributed by atoms with van der Waals surface area (Å²) in [6, 6.07) is 4.98. The topological polar surface area (TPSA) is 114 Å². The summed E-state index contributed by atoms with van der Waals surface area (Å²) >= 11 is 4.29. The fourth-order valence-electron chi connectivity index (χ4n) is 3.57. The van der Waals surface area contributed by atoms with Crippen molar-refractivity contribution in [3.63, 3.8) is 0 Å². The van der Waals surface area contributed by atoms with E-state index in [1.54, 1.807) is 45.0 Å². The summed E-state index contributed by atoms with van der Waals surface area (Å²) in [5.74, 6) is -1.66. The van der Waals surface area contributed by atoms with Crippen LogP contribution in [0.5, 0.6) is 0 Å². The molecule has 0 saturated heterocycles. The van der Waals surface area contributed by atoms with Crippen molar-refractivity contribution in [1.82, 2.24) is 15.5 Å². The number of unbranched alkanes of at least 4 members (excludes halogenated alkanes) is 3. The van der Waals surface area contributed by atoms with Gasteiger partial charge in [0.1, 0.15) is 24.2 Å². The van der Waals surface area contributed by atoms with Crippen LogP contribution in [-0.4, -0.2) is 66.4 Å². The first kappa shape index (κ1) is 32.0. The number of nitrogens with one attached hydrogen (secondary N) is 2. The van der Waals surface area contributed by atoms with Gasteiger partial charge >= 0.3 is 12.1 Å². The summed E-state index contributed by atoms with van der Waals surface area (Å²) in [4.78, 5) is 52.9. The van der Waals surface area contributed by atoms with Crippen LogP contribution in [0.4, 0.5) is 4.79 Å². The molecule has 0 saturated carbocycles. The van der Waals surface area contributed by atoms with Crippen LogP contribution in [0.1, 0.15) is 70.5 Å². The highest BCUT2D eigenvalue weighted by molar-refractivity contribution is 7.80. The van der Waals surface area contributed by atoms with Crippen molar-refractivity contribution in [2.45, 2.75) is 71.1 Å². The monoisotopic (exact) mass is 535 g/mol. The van der Waals surface area contributed by atoms with Gasteiger partial charge in [0, 0.05) is 12.3 Å². The Morgan fingerprint density at radius 1 is 1.16 bits per heavy atom. The van der Waals surface area contributed by atoms with Crippen molar-refractivity contribution in [3.8, 4) is 0 Å². The maximum absolute atomic E-state index is 13.8. The highest BCUT2D eigenvalue weighted by atomic mass is 32.1. The summed E-state index contributed by atoms with van der Waals surface area (Å²) in [7, 11) is 1.22. The molecule has 1 aromatic carbocycles. The number of carbonyl (C=O) groups is 4. The third-order valence-corrected chi connectivity index (χ3v) is 5.73. The summed E-state index contributed by atoms with van der Waals surface area (Å²) in [5.41, 5.74) is 0.549. The maximum atomic E-state index is 13.8. The van der Waals surface area contributed by atoms with Gasteiger partial charge < -0.3 is 25.0 Å². The Hall–Kier alpha value is -3.01. The lowest BCUT2D eigenvalue weighted by Gasteiger charge is -2.34. The zero-order chi connectivity index (χ0) is 28.0. The van der Waals surface area contributed by atoms with E-state index < -0.39 is 41.6 Å². The van der Waals surface area contributed by atoms with Crippen molar-refractivity contribution in [1.29, 1.82) is 0 Å². The highest BCUT2D eigenvalue weighted by Crippen LogP contribution is 2.25. The quantitative estimate of drug-likeness (QED) is 0.189. The summed E-state index contributed by atoms with van der Waals surface area (Å²) in [5, 5.41) is 5.15. The number of methoxy groups -OCH3 is 1. The Labute approximate surface area is 225 Å². The number of benzene rings is 1. The molecular weight excluding hydrogens is 494 g/mol. The molecule has 0 fully saturated rings. The molecule has 206 valence electrons. The molecule has 0 radical (unpaired) electrons. The molecule has 0 heterocycles. The number of hydrogen-bond acceptors (Lipinski definition) is 7. The van der Waals surface area contributed by atoms with Crippen LogP contribution < -0.4 is 10.6 Å². The van der Waals surface area contributed by atoms with Crippen LogP contribution in [0.2, 0.25) is 0 Å². The lowest BCUT2D eigenvalue weighted by molar-refractivity contribution is -0.144. The largest absolute Gasteiger partial charge is 0.468 e. The van der Waals surface area contributed by atoms with Gasteiger partial charge in [-0.3, -0.25) is 14.4 Å². The molecule has 2 atom stereocenters. The van der Waals surface area contributed by atoms with E-state index in [0.717, 1.165) is 24.8 Å². The van der Waals surface area contributed by atoms with E-state index in [0.29, 0.717) is 12.0 Å². The van der Waals surface area contributed by atoms with Crippen LogP contribution in [0.3, 0.4) is 0 Å². The Morgan fingerprint density at radius 3 is 2.43 bits per heavy atom. The summed E-state index contributed by atoms with van der Waals surface area (Å²) in [6.45, 7) is 10.9. The molecule has 2 unspecified atom stereocenters. The van der Waals surface area contributed by atoms with E-state index in [1.165, 1.54) is 12.0 Å². The smallest absolute Gasteiger partial charge is 0.408 e. The van der Waals surface area contributed by atoms with Gasteiger partial charge in [-0.15, -0.1) is 0 Å². The minimum atomic E-state index is -1.07. The third-order valence-electron chi connectivity index (χ3n) is 5.36. The zero-order valence-corrected chi connectivity index (χ0v) is 23.4. The van der Waals surface area contributed by atoms with Crippen molar-refractivity contribution >= 4 is 42.6 Å².